The van der Waals surface area contributed by atoms with E-state index in [1.54, 1.807) is 22.7 Å². The fourth-order valence-electron chi connectivity index (χ4n) is 7.25. The van der Waals surface area contributed by atoms with Gasteiger partial charge < -0.3 is 8.83 Å². The van der Waals surface area contributed by atoms with E-state index in [4.69, 9.17) is 8.83 Å². The predicted octanol–water partition coefficient (Wildman–Crippen LogP) is 11.8. The fourth-order valence-corrected chi connectivity index (χ4v) is 9.66. The quantitative estimate of drug-likeness (QED) is 0.137. The predicted molar refractivity (Wildman–Crippen MR) is 199 cm³/mol. The van der Waals surface area contributed by atoms with Crippen LogP contribution in [0.5, 0.6) is 0 Å². The third kappa shape index (κ3) is 4.92. The van der Waals surface area contributed by atoms with Crippen molar-refractivity contribution < 1.29 is 8.83 Å². The first-order chi connectivity index (χ1) is 22.3. The SMILES string of the molecule is CC1c2ccc3oc(=O)c(-c4cc5sc(-c6cc7c(ccc8cc(C(C)(C)C)ccc87)oc6=O)cc5s4)cc3c2C=CC1C(C)(C)C. The van der Waals surface area contributed by atoms with Crippen molar-refractivity contribution >= 4 is 70.9 Å². The first-order valence-electron chi connectivity index (χ1n) is 16.1. The van der Waals surface area contributed by atoms with Crippen molar-refractivity contribution in [2.24, 2.45) is 11.3 Å². The summed E-state index contributed by atoms with van der Waals surface area (Å²) in [7, 11) is 0. The molecule has 0 saturated heterocycles. The first-order valence-corrected chi connectivity index (χ1v) is 17.7. The molecule has 0 bridgehead atoms. The zero-order chi connectivity index (χ0) is 33.0. The molecule has 0 amide bonds. The number of thiophene rings is 2. The molecule has 4 aromatic heterocycles. The lowest BCUT2D eigenvalue weighted by molar-refractivity contribution is 0.258. The lowest BCUT2D eigenvalue weighted by Crippen LogP contribution is -2.26. The van der Waals surface area contributed by atoms with Crippen LogP contribution in [0.4, 0.5) is 0 Å². The van der Waals surface area contributed by atoms with Crippen LogP contribution in [0.15, 0.2) is 91.2 Å². The number of hydrogen-bond donors (Lipinski definition) is 0. The number of rotatable bonds is 2. The highest BCUT2D eigenvalue weighted by Crippen LogP contribution is 2.46. The molecule has 1 aliphatic carbocycles. The van der Waals surface area contributed by atoms with E-state index in [1.165, 1.54) is 11.1 Å². The normalized spacial score (nSPS) is 16.9. The van der Waals surface area contributed by atoms with Gasteiger partial charge in [0.25, 0.3) is 0 Å². The van der Waals surface area contributed by atoms with Crippen molar-refractivity contribution in [1.82, 2.24) is 0 Å². The van der Waals surface area contributed by atoms with E-state index in [9.17, 15) is 9.59 Å². The first kappa shape index (κ1) is 30.1. The van der Waals surface area contributed by atoms with Crippen molar-refractivity contribution in [2.75, 3.05) is 0 Å². The Labute approximate surface area is 281 Å². The standard InChI is InChI=1S/C41H36O4S2/c1-21-24-12-15-33-28(26(24)11-13-31(21)41(5,6)7)18-30(39(43)45-33)35-20-37-36(47-35)19-34(46-37)29-17-27-25-10-9-23(40(2,3)4)16-22(25)8-14-32(27)44-38(29)42/h8-21,31H,1-7H3. The zero-order valence-electron chi connectivity index (χ0n) is 27.6. The van der Waals surface area contributed by atoms with Crippen molar-refractivity contribution in [3.63, 3.8) is 0 Å². The van der Waals surface area contributed by atoms with Crippen LogP contribution in [0.1, 0.15) is 71.1 Å². The second-order valence-corrected chi connectivity index (χ2v) is 17.2. The minimum atomic E-state index is -0.354. The van der Waals surface area contributed by atoms with Gasteiger partial charge in [-0.05, 0) is 86.5 Å². The topological polar surface area (TPSA) is 60.4 Å². The molecule has 3 aromatic carbocycles. The van der Waals surface area contributed by atoms with Gasteiger partial charge >= 0.3 is 11.3 Å². The van der Waals surface area contributed by atoms with Gasteiger partial charge in [0, 0.05) is 29.9 Å². The molecule has 0 spiro atoms. The van der Waals surface area contributed by atoms with Gasteiger partial charge in [-0.1, -0.05) is 91.0 Å². The molecule has 2 atom stereocenters. The fraction of sp³-hybridized carbons (Fsp3) is 0.268. The van der Waals surface area contributed by atoms with Crippen LogP contribution in [0.3, 0.4) is 0 Å². The summed E-state index contributed by atoms with van der Waals surface area (Å²) in [6.45, 7) is 15.8. The summed E-state index contributed by atoms with van der Waals surface area (Å²) in [6.07, 6.45) is 4.52. The largest absolute Gasteiger partial charge is 0.422 e. The summed E-state index contributed by atoms with van der Waals surface area (Å²) in [5.41, 5.74) is 5.47. The highest BCUT2D eigenvalue weighted by Gasteiger charge is 2.32. The van der Waals surface area contributed by atoms with Crippen LogP contribution in [-0.2, 0) is 5.41 Å². The van der Waals surface area contributed by atoms with Crippen LogP contribution in [0, 0.1) is 11.3 Å². The van der Waals surface area contributed by atoms with Crippen LogP contribution in [0.25, 0.3) is 69.1 Å². The average Bonchev–Trinajstić information content (AvgIpc) is 3.58. The molecule has 6 heteroatoms. The minimum Gasteiger partial charge on any atom is -0.422 e. The molecular formula is C41H36O4S2. The number of benzene rings is 3. The summed E-state index contributed by atoms with van der Waals surface area (Å²) in [4.78, 5) is 28.2. The molecule has 0 radical (unpaired) electrons. The Morgan fingerprint density at radius 3 is 1.87 bits per heavy atom. The molecule has 0 saturated carbocycles. The van der Waals surface area contributed by atoms with Crippen LogP contribution >= 0.6 is 22.7 Å². The van der Waals surface area contributed by atoms with Gasteiger partial charge in [-0.25, -0.2) is 9.59 Å². The second-order valence-electron chi connectivity index (χ2n) is 15.0. The van der Waals surface area contributed by atoms with E-state index in [2.05, 4.69) is 84.9 Å². The summed E-state index contributed by atoms with van der Waals surface area (Å²) in [5.74, 6) is 0.776. The van der Waals surface area contributed by atoms with E-state index in [-0.39, 0.29) is 22.1 Å². The molecule has 7 aromatic rings. The van der Waals surface area contributed by atoms with Gasteiger partial charge in [-0.15, -0.1) is 22.7 Å². The molecule has 236 valence electrons. The maximum atomic E-state index is 13.3. The van der Waals surface area contributed by atoms with Crippen molar-refractivity contribution in [3.05, 3.63) is 110 Å². The number of fused-ring (bicyclic) bond motifs is 7. The van der Waals surface area contributed by atoms with Crippen molar-refractivity contribution in [2.45, 2.75) is 59.8 Å². The highest BCUT2D eigenvalue weighted by molar-refractivity contribution is 7.31. The molecule has 1 aliphatic rings. The Kier molecular flexibility index (Phi) is 6.64. The smallest absolute Gasteiger partial charge is 0.345 e. The van der Waals surface area contributed by atoms with Gasteiger partial charge in [0.05, 0.1) is 11.1 Å². The van der Waals surface area contributed by atoms with E-state index in [0.717, 1.165) is 46.3 Å². The van der Waals surface area contributed by atoms with E-state index in [0.29, 0.717) is 34.1 Å². The lowest BCUT2D eigenvalue weighted by Gasteiger charge is -2.37. The maximum Gasteiger partial charge on any atom is 0.345 e. The number of hydrogen-bond acceptors (Lipinski definition) is 6. The number of allylic oxidation sites excluding steroid dienone is 1. The van der Waals surface area contributed by atoms with E-state index < -0.39 is 0 Å². The second kappa shape index (κ2) is 10.4. The Bertz CT molecular complexity index is 2530. The van der Waals surface area contributed by atoms with Gasteiger partial charge in [-0.3, -0.25) is 0 Å². The van der Waals surface area contributed by atoms with Gasteiger partial charge in [0.15, 0.2) is 0 Å². The van der Waals surface area contributed by atoms with Crippen LogP contribution < -0.4 is 11.3 Å². The molecule has 4 nitrogen and oxygen atoms in total. The monoisotopic (exact) mass is 656 g/mol. The van der Waals surface area contributed by atoms with E-state index in [1.807, 2.05) is 42.5 Å². The molecule has 0 fully saturated rings. The van der Waals surface area contributed by atoms with E-state index >= 15 is 0 Å². The van der Waals surface area contributed by atoms with Gasteiger partial charge in [0.2, 0.25) is 0 Å². The third-order valence-electron chi connectivity index (χ3n) is 9.83. The third-order valence-corrected chi connectivity index (χ3v) is 12.2. The highest BCUT2D eigenvalue weighted by atomic mass is 32.1. The molecular weight excluding hydrogens is 621 g/mol. The minimum absolute atomic E-state index is 0.0394. The summed E-state index contributed by atoms with van der Waals surface area (Å²) < 4.78 is 13.8. The average molecular weight is 657 g/mol. The molecule has 47 heavy (non-hydrogen) atoms. The lowest BCUT2D eigenvalue weighted by atomic mass is 9.68. The molecule has 4 heterocycles. The van der Waals surface area contributed by atoms with Gasteiger partial charge in [0.1, 0.15) is 11.2 Å². The zero-order valence-corrected chi connectivity index (χ0v) is 29.2. The Hall–Kier alpha value is -4.26. The summed E-state index contributed by atoms with van der Waals surface area (Å²) >= 11 is 3.09. The molecule has 0 N–H and O–H groups in total. The van der Waals surface area contributed by atoms with Crippen LogP contribution in [0.2, 0.25) is 0 Å². The molecule has 8 rings (SSSR count). The van der Waals surface area contributed by atoms with Crippen molar-refractivity contribution in [1.29, 1.82) is 0 Å². The van der Waals surface area contributed by atoms with Crippen LogP contribution in [-0.4, -0.2) is 0 Å². The Morgan fingerprint density at radius 1 is 0.660 bits per heavy atom. The molecule has 2 unspecified atom stereocenters. The summed E-state index contributed by atoms with van der Waals surface area (Å²) in [6, 6.07) is 22.5. The maximum absolute atomic E-state index is 13.3. The van der Waals surface area contributed by atoms with Crippen molar-refractivity contribution in [3.8, 4) is 20.9 Å². The Balaban J connectivity index is 1.20. The molecule has 0 aliphatic heterocycles. The Morgan fingerprint density at radius 2 is 1.26 bits per heavy atom. The van der Waals surface area contributed by atoms with Gasteiger partial charge in [-0.2, -0.15) is 0 Å². The summed E-state index contributed by atoms with van der Waals surface area (Å²) in [5, 5.41) is 4.06.